The first-order valence-electron chi connectivity index (χ1n) is 7.66. The van der Waals surface area contributed by atoms with Crippen molar-refractivity contribution < 1.29 is 4.79 Å². The van der Waals surface area contributed by atoms with E-state index < -0.39 is 0 Å². The van der Waals surface area contributed by atoms with E-state index in [-0.39, 0.29) is 5.91 Å². The van der Waals surface area contributed by atoms with Crippen molar-refractivity contribution in [3.63, 3.8) is 0 Å². The second kappa shape index (κ2) is 7.89. The van der Waals surface area contributed by atoms with Crippen LogP contribution in [-0.2, 0) is 17.8 Å². The molecule has 0 bridgehead atoms. The zero-order valence-corrected chi connectivity index (χ0v) is 14.7. The van der Waals surface area contributed by atoms with Crippen LogP contribution in [0.4, 0.5) is 0 Å². The molecule has 0 atom stereocenters. The second-order valence-corrected chi connectivity index (χ2v) is 7.67. The Bertz CT molecular complexity index is 621. The van der Waals surface area contributed by atoms with Gasteiger partial charge in [0.1, 0.15) is 16.5 Å². The molecule has 0 saturated carbocycles. The van der Waals surface area contributed by atoms with Crippen LogP contribution in [0.1, 0.15) is 18.4 Å². The second-order valence-electron chi connectivity index (χ2n) is 5.30. The molecule has 1 saturated heterocycles. The summed E-state index contributed by atoms with van der Waals surface area (Å²) in [6.45, 7) is 6.10. The predicted molar refractivity (Wildman–Crippen MR) is 90.5 cm³/mol. The first kappa shape index (κ1) is 16.4. The lowest BCUT2D eigenvalue weighted by Gasteiger charge is -2.34. The molecule has 0 aliphatic carbocycles. The highest BCUT2D eigenvalue weighted by molar-refractivity contribution is 8.00. The number of nitrogens with zero attached hydrogens (tertiary/aromatic N) is 5. The summed E-state index contributed by atoms with van der Waals surface area (Å²) in [7, 11) is 0. The molecule has 1 amide bonds. The Morgan fingerprint density at radius 1 is 1.39 bits per heavy atom. The summed E-state index contributed by atoms with van der Waals surface area (Å²) in [5.74, 6) is 2.05. The highest BCUT2D eigenvalue weighted by Gasteiger charge is 2.22. The van der Waals surface area contributed by atoms with Crippen molar-refractivity contribution in [2.45, 2.75) is 24.2 Å². The molecule has 1 aliphatic rings. The number of thiazole rings is 1. The number of piperazine rings is 1. The first-order chi connectivity index (χ1) is 11.2. The number of aromatic nitrogens is 4. The van der Waals surface area contributed by atoms with Crippen LogP contribution in [0.15, 0.2) is 16.0 Å². The Morgan fingerprint density at radius 3 is 2.91 bits per heavy atom. The van der Waals surface area contributed by atoms with Crippen molar-refractivity contribution in [3.05, 3.63) is 23.2 Å². The van der Waals surface area contributed by atoms with Crippen molar-refractivity contribution in [1.29, 1.82) is 0 Å². The maximum absolute atomic E-state index is 12.4. The molecule has 1 N–H and O–H groups in total. The van der Waals surface area contributed by atoms with E-state index in [0.717, 1.165) is 54.3 Å². The summed E-state index contributed by atoms with van der Waals surface area (Å²) >= 11 is 3.34. The fourth-order valence-electron chi connectivity index (χ4n) is 2.50. The lowest BCUT2D eigenvalue weighted by Crippen LogP contribution is -2.48. The predicted octanol–water partition coefficient (Wildman–Crippen LogP) is 1.26. The quantitative estimate of drug-likeness (QED) is 0.789. The fourth-order valence-corrected chi connectivity index (χ4v) is 4.24. The Hall–Kier alpha value is -1.45. The van der Waals surface area contributed by atoms with E-state index in [2.05, 4.69) is 32.0 Å². The van der Waals surface area contributed by atoms with Gasteiger partial charge in [-0.05, 0) is 5.75 Å². The molecule has 0 radical (unpaired) electrons. The Kier molecular flexibility index (Phi) is 5.63. The molecule has 3 rings (SSSR count). The normalized spacial score (nSPS) is 16.0. The van der Waals surface area contributed by atoms with E-state index in [1.54, 1.807) is 23.1 Å². The van der Waals surface area contributed by atoms with Gasteiger partial charge in [-0.15, -0.1) is 11.3 Å². The van der Waals surface area contributed by atoms with E-state index >= 15 is 0 Å². The Balaban J connectivity index is 1.45. The first-order valence-corrected chi connectivity index (χ1v) is 9.52. The van der Waals surface area contributed by atoms with Crippen molar-refractivity contribution >= 4 is 29.0 Å². The molecular formula is C14H20N6OS2. The molecule has 1 aliphatic heterocycles. The monoisotopic (exact) mass is 352 g/mol. The third kappa shape index (κ3) is 4.52. The molecular weight excluding hydrogens is 332 g/mol. The summed E-state index contributed by atoms with van der Waals surface area (Å²) in [4.78, 5) is 25.3. The minimum atomic E-state index is 0.169. The van der Waals surface area contributed by atoms with Gasteiger partial charge in [-0.1, -0.05) is 18.7 Å². The van der Waals surface area contributed by atoms with E-state index in [9.17, 15) is 4.79 Å². The number of H-pyrrole nitrogens is 1. The zero-order valence-electron chi connectivity index (χ0n) is 13.1. The maximum atomic E-state index is 12.4. The van der Waals surface area contributed by atoms with E-state index in [4.69, 9.17) is 0 Å². The Labute approximate surface area is 143 Å². The van der Waals surface area contributed by atoms with Crippen LogP contribution >= 0.6 is 23.1 Å². The molecule has 3 heterocycles. The Morgan fingerprint density at radius 2 is 2.22 bits per heavy atom. The lowest BCUT2D eigenvalue weighted by atomic mass is 10.2. The average Bonchev–Trinajstić information content (AvgIpc) is 3.21. The number of carbonyl (C=O) groups excluding carboxylic acids is 1. The van der Waals surface area contributed by atoms with Gasteiger partial charge in [0.05, 0.1) is 18.7 Å². The number of rotatable bonds is 6. The van der Waals surface area contributed by atoms with Crippen LogP contribution in [0.25, 0.3) is 0 Å². The van der Waals surface area contributed by atoms with Crippen molar-refractivity contribution in [2.24, 2.45) is 0 Å². The van der Waals surface area contributed by atoms with Crippen LogP contribution in [-0.4, -0.2) is 67.8 Å². The van der Waals surface area contributed by atoms with E-state index in [1.807, 2.05) is 10.3 Å². The molecule has 1 fully saturated rings. The third-order valence-corrected chi connectivity index (χ3v) is 5.65. The van der Waals surface area contributed by atoms with Gasteiger partial charge in [0.15, 0.2) is 0 Å². The number of thioether (sulfide) groups is 1. The fraction of sp³-hybridized carbons (Fsp3) is 0.571. The number of hydrogen-bond acceptors (Lipinski definition) is 7. The smallest absolute Gasteiger partial charge is 0.228 e. The number of aromatic amines is 1. The van der Waals surface area contributed by atoms with Gasteiger partial charge in [-0.2, -0.15) is 5.10 Å². The molecule has 9 heteroatoms. The van der Waals surface area contributed by atoms with Crippen LogP contribution in [0.2, 0.25) is 0 Å². The topological polar surface area (TPSA) is 78.0 Å². The molecule has 0 unspecified atom stereocenters. The molecule has 0 aromatic carbocycles. The summed E-state index contributed by atoms with van der Waals surface area (Å²) in [5, 5.41) is 8.73. The molecule has 23 heavy (non-hydrogen) atoms. The summed E-state index contributed by atoms with van der Waals surface area (Å²) in [5.41, 5.74) is 0.889. The lowest BCUT2D eigenvalue weighted by molar-refractivity contribution is -0.132. The highest BCUT2D eigenvalue weighted by Crippen LogP contribution is 2.22. The molecule has 124 valence electrons. The minimum absolute atomic E-state index is 0.169. The van der Waals surface area contributed by atoms with Crippen molar-refractivity contribution in [2.75, 3.05) is 31.9 Å². The van der Waals surface area contributed by atoms with Gasteiger partial charge in [0.25, 0.3) is 0 Å². The van der Waals surface area contributed by atoms with Crippen molar-refractivity contribution in [1.82, 2.24) is 30.0 Å². The van der Waals surface area contributed by atoms with E-state index in [0.29, 0.717) is 6.42 Å². The van der Waals surface area contributed by atoms with E-state index in [1.165, 1.54) is 6.33 Å². The van der Waals surface area contributed by atoms with Gasteiger partial charge in [-0.3, -0.25) is 14.8 Å². The molecule has 2 aromatic rings. The van der Waals surface area contributed by atoms with Crippen LogP contribution < -0.4 is 0 Å². The minimum Gasteiger partial charge on any atom is -0.340 e. The number of nitrogens with one attached hydrogen (secondary N) is 1. The number of hydrogen-bond donors (Lipinski definition) is 1. The van der Waals surface area contributed by atoms with Crippen LogP contribution in [0.5, 0.6) is 0 Å². The van der Waals surface area contributed by atoms with Crippen LogP contribution in [0, 0.1) is 0 Å². The van der Waals surface area contributed by atoms with Crippen molar-refractivity contribution in [3.8, 4) is 0 Å². The number of carbonyl (C=O) groups is 1. The summed E-state index contributed by atoms with van der Waals surface area (Å²) in [6.07, 6.45) is 1.93. The zero-order chi connectivity index (χ0) is 16.1. The molecule has 0 spiro atoms. The van der Waals surface area contributed by atoms with Gasteiger partial charge in [0.2, 0.25) is 5.91 Å². The maximum Gasteiger partial charge on any atom is 0.228 e. The van der Waals surface area contributed by atoms with Crippen LogP contribution in [0.3, 0.4) is 0 Å². The van der Waals surface area contributed by atoms with Gasteiger partial charge < -0.3 is 4.90 Å². The molecule has 7 nitrogen and oxygen atoms in total. The standard InChI is InChI=1S/C14H20N6OS2/c1-2-22-14-17-11(9-23-14)7-13(21)20-5-3-19(4-6-20)8-12-15-10-16-18-12/h9-10H,2-8H2,1H3,(H,15,16,18). The SMILES string of the molecule is CCSc1nc(CC(=O)N2CCN(Cc3ncn[nH]3)CC2)cs1. The number of amides is 1. The largest absolute Gasteiger partial charge is 0.340 e. The van der Waals surface area contributed by atoms with Gasteiger partial charge in [0, 0.05) is 31.6 Å². The third-order valence-electron chi connectivity index (χ3n) is 3.69. The van der Waals surface area contributed by atoms with Gasteiger partial charge >= 0.3 is 0 Å². The molecule has 2 aromatic heterocycles. The average molecular weight is 352 g/mol. The summed E-state index contributed by atoms with van der Waals surface area (Å²) in [6, 6.07) is 0. The highest BCUT2D eigenvalue weighted by atomic mass is 32.2. The summed E-state index contributed by atoms with van der Waals surface area (Å²) < 4.78 is 1.05. The van der Waals surface area contributed by atoms with Gasteiger partial charge in [-0.25, -0.2) is 9.97 Å².